The van der Waals surface area contributed by atoms with E-state index in [1.54, 1.807) is 0 Å². The van der Waals surface area contributed by atoms with E-state index in [2.05, 4.69) is 5.32 Å². The van der Waals surface area contributed by atoms with Crippen molar-refractivity contribution in [3.8, 4) is 0 Å². The highest BCUT2D eigenvalue weighted by atomic mass is 16.6. The third-order valence-electron chi connectivity index (χ3n) is 5.22. The highest BCUT2D eigenvalue weighted by molar-refractivity contribution is 5.67. The molecular formula is C19H38N2O6. The number of nitrogens with two attached hydrogens (primary N) is 1. The van der Waals surface area contributed by atoms with Crippen molar-refractivity contribution in [3.05, 3.63) is 0 Å². The Morgan fingerprint density at radius 3 is 1.78 bits per heavy atom. The predicted octanol–water partition coefficient (Wildman–Crippen LogP) is 1.03. The smallest absolute Gasteiger partial charge is 0.407 e. The number of alkyl carbamates (subject to hydrolysis) is 1. The van der Waals surface area contributed by atoms with Gasteiger partial charge in [-0.3, -0.25) is 0 Å². The minimum atomic E-state index is -0.494. The van der Waals surface area contributed by atoms with E-state index in [9.17, 15) is 9.90 Å². The highest BCUT2D eigenvalue weighted by Gasteiger charge is 2.33. The van der Waals surface area contributed by atoms with Crippen molar-refractivity contribution in [1.82, 2.24) is 5.32 Å². The SMILES string of the molecule is CC(C)(C)OC(=O)NCC1(CO)CCOCC1.NCC1(CO)CCOCC1. The molecule has 2 heterocycles. The molecule has 0 aliphatic carbocycles. The first-order valence-electron chi connectivity index (χ1n) is 9.74. The fraction of sp³-hybridized carbons (Fsp3) is 0.947. The Kier molecular flexibility index (Phi) is 9.97. The van der Waals surface area contributed by atoms with Crippen LogP contribution in [0.4, 0.5) is 4.79 Å². The lowest BCUT2D eigenvalue weighted by atomic mass is 9.81. The van der Waals surface area contributed by atoms with E-state index in [-0.39, 0.29) is 24.0 Å². The summed E-state index contributed by atoms with van der Waals surface area (Å²) in [4.78, 5) is 11.5. The lowest BCUT2D eigenvalue weighted by molar-refractivity contribution is -0.0174. The van der Waals surface area contributed by atoms with E-state index in [0.29, 0.717) is 26.3 Å². The van der Waals surface area contributed by atoms with Crippen LogP contribution in [0.25, 0.3) is 0 Å². The Bertz CT molecular complexity index is 420. The normalized spacial score (nSPS) is 21.6. The van der Waals surface area contributed by atoms with Gasteiger partial charge >= 0.3 is 6.09 Å². The van der Waals surface area contributed by atoms with Crippen LogP contribution in [0.3, 0.4) is 0 Å². The van der Waals surface area contributed by atoms with E-state index in [4.69, 9.17) is 25.1 Å². The molecule has 2 aliphatic rings. The molecule has 0 aromatic carbocycles. The molecule has 2 aliphatic heterocycles. The standard InChI is InChI=1S/C12H23NO4.C7H15NO2/c1-11(2,3)17-10(15)13-8-12(9-14)4-6-16-7-5-12;8-5-7(6-9)1-3-10-4-2-7/h14H,4-9H2,1-3H3,(H,13,15);9H,1-6,8H2. The average Bonchev–Trinajstić information content (AvgIpc) is 2.67. The Labute approximate surface area is 162 Å². The van der Waals surface area contributed by atoms with Gasteiger partial charge in [-0.25, -0.2) is 4.79 Å². The molecule has 0 bridgehead atoms. The monoisotopic (exact) mass is 390 g/mol. The van der Waals surface area contributed by atoms with Crippen molar-refractivity contribution in [2.24, 2.45) is 16.6 Å². The lowest BCUT2D eigenvalue weighted by Crippen LogP contribution is -2.45. The molecule has 2 rings (SSSR count). The van der Waals surface area contributed by atoms with Crippen LogP contribution >= 0.6 is 0 Å². The van der Waals surface area contributed by atoms with Gasteiger partial charge < -0.3 is 35.5 Å². The fourth-order valence-electron chi connectivity index (χ4n) is 3.00. The van der Waals surface area contributed by atoms with Gasteiger partial charge in [-0.1, -0.05) is 0 Å². The molecule has 0 aromatic rings. The molecule has 8 heteroatoms. The van der Waals surface area contributed by atoms with Crippen LogP contribution in [-0.2, 0) is 14.2 Å². The molecule has 2 fully saturated rings. The van der Waals surface area contributed by atoms with Gasteiger partial charge in [0, 0.05) is 50.3 Å². The van der Waals surface area contributed by atoms with Crippen molar-refractivity contribution in [1.29, 1.82) is 0 Å². The van der Waals surface area contributed by atoms with E-state index in [1.807, 2.05) is 20.8 Å². The van der Waals surface area contributed by atoms with Gasteiger partial charge in [-0.15, -0.1) is 0 Å². The number of aliphatic hydroxyl groups is 2. The molecule has 0 atom stereocenters. The van der Waals surface area contributed by atoms with Crippen LogP contribution < -0.4 is 11.1 Å². The van der Waals surface area contributed by atoms with Crippen LogP contribution in [-0.4, -0.2) is 74.6 Å². The first kappa shape index (κ1) is 24.1. The summed E-state index contributed by atoms with van der Waals surface area (Å²) in [6.45, 7) is 9.50. The van der Waals surface area contributed by atoms with Crippen molar-refractivity contribution in [2.45, 2.75) is 52.1 Å². The summed E-state index contributed by atoms with van der Waals surface area (Å²) in [6.07, 6.45) is 2.90. The van der Waals surface area contributed by atoms with Crippen LogP contribution in [0.2, 0.25) is 0 Å². The maximum Gasteiger partial charge on any atom is 0.407 e. The number of rotatable bonds is 5. The second kappa shape index (κ2) is 11.2. The minimum absolute atomic E-state index is 0.0295. The van der Waals surface area contributed by atoms with Crippen molar-refractivity contribution >= 4 is 6.09 Å². The molecule has 1 amide bonds. The summed E-state index contributed by atoms with van der Waals surface area (Å²) in [5, 5.41) is 21.2. The van der Waals surface area contributed by atoms with Crippen LogP contribution in [0.1, 0.15) is 46.5 Å². The van der Waals surface area contributed by atoms with Gasteiger partial charge in [0.1, 0.15) is 5.60 Å². The number of ether oxygens (including phenoxy) is 3. The number of carbonyl (C=O) groups excluding carboxylic acids is 1. The third-order valence-corrected chi connectivity index (χ3v) is 5.22. The summed E-state index contributed by atoms with van der Waals surface area (Å²) in [5.74, 6) is 0. The van der Waals surface area contributed by atoms with E-state index in [0.717, 1.165) is 38.9 Å². The molecule has 5 N–H and O–H groups in total. The van der Waals surface area contributed by atoms with Crippen LogP contribution in [0.5, 0.6) is 0 Å². The van der Waals surface area contributed by atoms with Crippen molar-refractivity contribution < 1.29 is 29.2 Å². The van der Waals surface area contributed by atoms with Gasteiger partial charge in [0.15, 0.2) is 0 Å². The topological polar surface area (TPSA) is 123 Å². The van der Waals surface area contributed by atoms with Gasteiger partial charge in [0.05, 0.1) is 13.2 Å². The Balaban J connectivity index is 0.000000309. The summed E-state index contributed by atoms with van der Waals surface area (Å²) < 4.78 is 15.6. The largest absolute Gasteiger partial charge is 0.444 e. The van der Waals surface area contributed by atoms with Crippen molar-refractivity contribution in [2.75, 3.05) is 52.7 Å². The second-order valence-corrected chi connectivity index (χ2v) is 8.60. The first-order valence-corrected chi connectivity index (χ1v) is 9.74. The number of nitrogens with one attached hydrogen (secondary N) is 1. The highest BCUT2D eigenvalue weighted by Crippen LogP contribution is 2.29. The molecule has 8 nitrogen and oxygen atoms in total. The second-order valence-electron chi connectivity index (χ2n) is 8.60. The van der Waals surface area contributed by atoms with Gasteiger partial charge in [-0.2, -0.15) is 0 Å². The molecule has 160 valence electrons. The van der Waals surface area contributed by atoms with E-state index < -0.39 is 11.7 Å². The Morgan fingerprint density at radius 2 is 1.44 bits per heavy atom. The number of carbonyl (C=O) groups is 1. The van der Waals surface area contributed by atoms with Gasteiger partial charge in [0.2, 0.25) is 0 Å². The molecule has 27 heavy (non-hydrogen) atoms. The summed E-state index contributed by atoms with van der Waals surface area (Å²) in [7, 11) is 0. The minimum Gasteiger partial charge on any atom is -0.444 e. The summed E-state index contributed by atoms with van der Waals surface area (Å²) in [6, 6.07) is 0. The molecule has 0 aromatic heterocycles. The van der Waals surface area contributed by atoms with Crippen molar-refractivity contribution in [3.63, 3.8) is 0 Å². The Hall–Kier alpha value is -0.930. The summed E-state index contributed by atoms with van der Waals surface area (Å²) in [5.41, 5.74) is 4.75. The molecule has 0 radical (unpaired) electrons. The molecule has 0 saturated carbocycles. The first-order chi connectivity index (χ1) is 12.7. The molecule has 2 saturated heterocycles. The fourth-order valence-corrected chi connectivity index (χ4v) is 3.00. The zero-order valence-corrected chi connectivity index (χ0v) is 17.1. The maximum absolute atomic E-state index is 11.5. The van der Waals surface area contributed by atoms with Crippen LogP contribution in [0.15, 0.2) is 0 Å². The third kappa shape index (κ3) is 8.74. The molecule has 0 unspecified atom stereocenters. The Morgan fingerprint density at radius 1 is 1.00 bits per heavy atom. The van der Waals surface area contributed by atoms with Crippen LogP contribution in [0, 0.1) is 10.8 Å². The number of aliphatic hydroxyl groups excluding tert-OH is 2. The summed E-state index contributed by atoms with van der Waals surface area (Å²) >= 11 is 0. The number of amides is 1. The average molecular weight is 391 g/mol. The lowest BCUT2D eigenvalue weighted by Gasteiger charge is -2.35. The van der Waals surface area contributed by atoms with E-state index >= 15 is 0 Å². The number of hydrogen-bond acceptors (Lipinski definition) is 7. The van der Waals surface area contributed by atoms with E-state index in [1.165, 1.54) is 0 Å². The van der Waals surface area contributed by atoms with Gasteiger partial charge in [-0.05, 0) is 46.5 Å². The maximum atomic E-state index is 11.5. The molecular weight excluding hydrogens is 352 g/mol. The predicted molar refractivity (Wildman–Crippen MR) is 102 cm³/mol. The quantitative estimate of drug-likeness (QED) is 0.553. The van der Waals surface area contributed by atoms with Gasteiger partial charge in [0.25, 0.3) is 0 Å². The number of hydrogen-bond donors (Lipinski definition) is 4. The zero-order valence-electron chi connectivity index (χ0n) is 17.1. The zero-order chi connectivity index (χ0) is 20.4. The molecule has 0 spiro atoms.